The van der Waals surface area contributed by atoms with Crippen molar-refractivity contribution in [3.8, 4) is 0 Å². The molecule has 1 fully saturated rings. The summed E-state index contributed by atoms with van der Waals surface area (Å²) < 4.78 is 27.8. The van der Waals surface area contributed by atoms with Crippen molar-refractivity contribution in [2.24, 2.45) is 0 Å². The van der Waals surface area contributed by atoms with E-state index in [0.29, 0.717) is 12.1 Å². The summed E-state index contributed by atoms with van der Waals surface area (Å²) in [6, 6.07) is 10.1. The summed E-state index contributed by atoms with van der Waals surface area (Å²) in [5.41, 5.74) is 1.27. The maximum atomic E-state index is 14.2. The SMILES string of the molecule is CCCC(=O)Nc1cccc(C2SCC(=O)N2c2cc(F)ccc2F)c1. The molecule has 4 nitrogen and oxygen atoms in total. The number of carbonyl (C=O) groups excluding carboxylic acids is 2. The first-order valence-electron chi connectivity index (χ1n) is 8.28. The second kappa shape index (κ2) is 7.86. The van der Waals surface area contributed by atoms with Gasteiger partial charge in [0.25, 0.3) is 0 Å². The summed E-state index contributed by atoms with van der Waals surface area (Å²) in [5.74, 6) is -1.46. The van der Waals surface area contributed by atoms with Crippen LogP contribution in [0.15, 0.2) is 42.5 Å². The molecule has 1 atom stereocenters. The number of anilines is 2. The number of nitrogens with zero attached hydrogens (tertiary/aromatic N) is 1. The second-order valence-electron chi connectivity index (χ2n) is 5.95. The Labute approximate surface area is 154 Å². The van der Waals surface area contributed by atoms with Crippen molar-refractivity contribution in [3.63, 3.8) is 0 Å². The number of hydrogen-bond donors (Lipinski definition) is 1. The van der Waals surface area contributed by atoms with E-state index < -0.39 is 17.0 Å². The van der Waals surface area contributed by atoms with E-state index in [0.717, 1.165) is 30.2 Å². The number of rotatable bonds is 5. The average molecular weight is 376 g/mol. The monoisotopic (exact) mass is 376 g/mol. The Morgan fingerprint density at radius 3 is 2.85 bits per heavy atom. The van der Waals surface area contributed by atoms with Crippen molar-refractivity contribution in [3.05, 3.63) is 59.7 Å². The smallest absolute Gasteiger partial charge is 0.238 e. The van der Waals surface area contributed by atoms with Gasteiger partial charge in [0.1, 0.15) is 17.0 Å². The zero-order valence-corrected chi connectivity index (χ0v) is 15.0. The third-order valence-corrected chi connectivity index (χ3v) is 5.18. The van der Waals surface area contributed by atoms with Gasteiger partial charge in [-0.15, -0.1) is 11.8 Å². The first-order chi connectivity index (χ1) is 12.5. The van der Waals surface area contributed by atoms with Crippen molar-refractivity contribution >= 4 is 35.0 Å². The van der Waals surface area contributed by atoms with E-state index in [9.17, 15) is 18.4 Å². The summed E-state index contributed by atoms with van der Waals surface area (Å²) in [6.07, 6.45) is 1.16. The molecule has 136 valence electrons. The van der Waals surface area contributed by atoms with Crippen molar-refractivity contribution in [1.29, 1.82) is 0 Å². The van der Waals surface area contributed by atoms with Crippen LogP contribution < -0.4 is 10.2 Å². The number of hydrogen-bond acceptors (Lipinski definition) is 3. The Morgan fingerprint density at radius 1 is 1.27 bits per heavy atom. The van der Waals surface area contributed by atoms with Crippen LogP contribution in [0.2, 0.25) is 0 Å². The van der Waals surface area contributed by atoms with Gasteiger partial charge in [-0.3, -0.25) is 14.5 Å². The minimum Gasteiger partial charge on any atom is -0.326 e. The predicted octanol–water partition coefficient (Wildman–Crippen LogP) is 4.48. The number of nitrogens with one attached hydrogen (secondary N) is 1. The molecular formula is C19H18F2N2O2S. The molecule has 1 saturated heterocycles. The zero-order valence-electron chi connectivity index (χ0n) is 14.2. The number of halogens is 2. The summed E-state index contributed by atoms with van der Waals surface area (Å²) in [5, 5.41) is 2.32. The van der Waals surface area contributed by atoms with Crippen LogP contribution in [-0.2, 0) is 9.59 Å². The molecule has 2 amide bonds. The van der Waals surface area contributed by atoms with Crippen LogP contribution in [-0.4, -0.2) is 17.6 Å². The highest BCUT2D eigenvalue weighted by Gasteiger charge is 2.35. The maximum absolute atomic E-state index is 14.2. The lowest BCUT2D eigenvalue weighted by atomic mass is 10.1. The Bertz CT molecular complexity index is 844. The maximum Gasteiger partial charge on any atom is 0.238 e. The van der Waals surface area contributed by atoms with Gasteiger partial charge in [0.05, 0.1) is 11.4 Å². The second-order valence-corrected chi connectivity index (χ2v) is 7.02. The van der Waals surface area contributed by atoms with E-state index in [1.807, 2.05) is 6.92 Å². The third kappa shape index (κ3) is 3.88. The van der Waals surface area contributed by atoms with Crippen molar-refractivity contribution in [2.75, 3.05) is 16.0 Å². The third-order valence-electron chi connectivity index (χ3n) is 3.97. The molecule has 0 saturated carbocycles. The Hall–Kier alpha value is -2.41. The minimum absolute atomic E-state index is 0.0783. The number of amides is 2. The molecule has 2 aromatic carbocycles. The zero-order chi connectivity index (χ0) is 18.7. The molecule has 1 heterocycles. The van der Waals surface area contributed by atoms with Crippen LogP contribution in [0, 0.1) is 11.6 Å². The molecule has 1 unspecified atom stereocenters. The molecule has 7 heteroatoms. The fourth-order valence-electron chi connectivity index (χ4n) is 2.82. The van der Waals surface area contributed by atoms with Gasteiger partial charge in [0.2, 0.25) is 11.8 Å². The van der Waals surface area contributed by atoms with Crippen LogP contribution in [0.4, 0.5) is 20.2 Å². The first kappa shape index (κ1) is 18.4. The van der Waals surface area contributed by atoms with Crippen LogP contribution in [0.25, 0.3) is 0 Å². The summed E-state index contributed by atoms with van der Waals surface area (Å²) >= 11 is 1.33. The average Bonchev–Trinajstić information content (AvgIpc) is 2.99. The summed E-state index contributed by atoms with van der Waals surface area (Å²) in [6.45, 7) is 1.92. The highest BCUT2D eigenvalue weighted by molar-refractivity contribution is 8.00. The van der Waals surface area contributed by atoms with Crippen LogP contribution >= 0.6 is 11.8 Å². The van der Waals surface area contributed by atoms with Gasteiger partial charge in [0, 0.05) is 18.2 Å². The first-order valence-corrected chi connectivity index (χ1v) is 9.33. The molecule has 3 rings (SSSR count). The van der Waals surface area contributed by atoms with E-state index in [-0.39, 0.29) is 23.3 Å². The van der Waals surface area contributed by atoms with Crippen molar-refractivity contribution < 1.29 is 18.4 Å². The largest absolute Gasteiger partial charge is 0.326 e. The molecule has 1 aliphatic rings. The molecule has 26 heavy (non-hydrogen) atoms. The van der Waals surface area contributed by atoms with Gasteiger partial charge < -0.3 is 5.32 Å². The molecule has 0 radical (unpaired) electrons. The highest BCUT2D eigenvalue weighted by atomic mass is 32.2. The Balaban J connectivity index is 1.91. The lowest BCUT2D eigenvalue weighted by Gasteiger charge is -2.25. The fraction of sp³-hybridized carbons (Fsp3) is 0.263. The number of carbonyl (C=O) groups is 2. The number of benzene rings is 2. The van der Waals surface area contributed by atoms with Crippen LogP contribution in [0.1, 0.15) is 30.7 Å². The molecule has 0 aliphatic carbocycles. The summed E-state index contributed by atoms with van der Waals surface area (Å²) in [4.78, 5) is 25.4. The standard InChI is InChI=1S/C19H18F2N2O2S/c1-2-4-17(24)22-14-6-3-5-12(9-14)19-23(18(25)11-26-19)16-10-13(20)7-8-15(16)21/h3,5-10,19H,2,4,11H2,1H3,(H,22,24). The highest BCUT2D eigenvalue weighted by Crippen LogP contribution is 2.43. The molecule has 0 spiro atoms. The molecule has 0 aromatic heterocycles. The molecule has 1 aliphatic heterocycles. The molecule has 0 bridgehead atoms. The topological polar surface area (TPSA) is 49.4 Å². The van der Waals surface area contributed by atoms with Gasteiger partial charge in [-0.25, -0.2) is 8.78 Å². The van der Waals surface area contributed by atoms with Crippen LogP contribution in [0.5, 0.6) is 0 Å². The molecule has 2 aromatic rings. The van der Waals surface area contributed by atoms with Gasteiger partial charge in [-0.2, -0.15) is 0 Å². The fourth-order valence-corrected chi connectivity index (χ4v) is 3.98. The number of thioether (sulfide) groups is 1. The Kier molecular flexibility index (Phi) is 5.56. The van der Waals surface area contributed by atoms with E-state index >= 15 is 0 Å². The van der Waals surface area contributed by atoms with Gasteiger partial charge in [-0.1, -0.05) is 19.1 Å². The lowest BCUT2D eigenvalue weighted by molar-refractivity contribution is -0.116. The van der Waals surface area contributed by atoms with Gasteiger partial charge >= 0.3 is 0 Å². The van der Waals surface area contributed by atoms with E-state index in [2.05, 4.69) is 5.32 Å². The molecular weight excluding hydrogens is 358 g/mol. The van der Waals surface area contributed by atoms with Crippen molar-refractivity contribution in [1.82, 2.24) is 0 Å². The minimum atomic E-state index is -0.653. The van der Waals surface area contributed by atoms with E-state index in [4.69, 9.17) is 0 Å². The van der Waals surface area contributed by atoms with Gasteiger partial charge in [0.15, 0.2) is 0 Å². The molecule has 1 N–H and O–H groups in total. The van der Waals surface area contributed by atoms with Crippen molar-refractivity contribution in [2.45, 2.75) is 25.1 Å². The van der Waals surface area contributed by atoms with E-state index in [1.54, 1.807) is 24.3 Å². The predicted molar refractivity (Wildman–Crippen MR) is 99.0 cm³/mol. The quantitative estimate of drug-likeness (QED) is 0.837. The van der Waals surface area contributed by atoms with E-state index in [1.165, 1.54) is 16.7 Å². The summed E-state index contributed by atoms with van der Waals surface area (Å²) in [7, 11) is 0. The lowest BCUT2D eigenvalue weighted by Crippen LogP contribution is -2.28. The van der Waals surface area contributed by atoms with Gasteiger partial charge in [-0.05, 0) is 36.2 Å². The Morgan fingerprint density at radius 2 is 2.08 bits per heavy atom. The van der Waals surface area contributed by atoms with Crippen LogP contribution in [0.3, 0.4) is 0 Å². The normalized spacial score (nSPS) is 16.8.